The summed E-state index contributed by atoms with van der Waals surface area (Å²) in [7, 11) is 1.83. The molecule has 1 amide bonds. The molecule has 0 radical (unpaired) electrons. The number of benzene rings is 1. The lowest BCUT2D eigenvalue weighted by molar-refractivity contribution is 0.0740. The molecule has 1 aromatic carbocycles. The lowest BCUT2D eigenvalue weighted by Crippen LogP contribution is -2.34. The molecule has 0 aliphatic heterocycles. The number of hydrogen-bond acceptors (Lipinski definition) is 2. The molecule has 0 spiro atoms. The summed E-state index contributed by atoms with van der Waals surface area (Å²) in [6.45, 7) is 6.13. The number of aryl methyl sites for hydroxylation is 1. The number of carbonyl (C=O) groups excluding carboxylic acids is 1. The molecule has 20 heavy (non-hydrogen) atoms. The fourth-order valence-corrected chi connectivity index (χ4v) is 1.78. The van der Waals surface area contributed by atoms with E-state index in [-0.39, 0.29) is 18.6 Å². The predicted molar refractivity (Wildman–Crippen MR) is 81.6 cm³/mol. The zero-order chi connectivity index (χ0) is 15.1. The van der Waals surface area contributed by atoms with Crippen LogP contribution < -0.4 is 0 Å². The maximum Gasteiger partial charge on any atom is 0.253 e. The summed E-state index contributed by atoms with van der Waals surface area (Å²) in [5, 5.41) is 8.75. The van der Waals surface area contributed by atoms with Crippen LogP contribution in [0, 0.1) is 18.8 Å². The molecule has 3 heteroatoms. The minimum atomic E-state index is 0.0181. The number of aliphatic hydroxyl groups excluding tert-OH is 1. The Labute approximate surface area is 121 Å². The molecule has 1 atom stereocenters. The number of carbonyl (C=O) groups is 1. The summed E-state index contributed by atoms with van der Waals surface area (Å²) < 4.78 is 0. The van der Waals surface area contributed by atoms with Crippen LogP contribution in [0.2, 0.25) is 0 Å². The molecule has 0 heterocycles. The van der Waals surface area contributed by atoms with E-state index in [0.29, 0.717) is 12.0 Å². The normalized spacial score (nSPS) is 11.4. The third-order valence-corrected chi connectivity index (χ3v) is 3.52. The van der Waals surface area contributed by atoms with Crippen molar-refractivity contribution < 1.29 is 9.90 Å². The van der Waals surface area contributed by atoms with Gasteiger partial charge in [-0.3, -0.25) is 4.79 Å². The van der Waals surface area contributed by atoms with Gasteiger partial charge in [-0.15, -0.1) is 0 Å². The average molecular weight is 273 g/mol. The van der Waals surface area contributed by atoms with Gasteiger partial charge in [0.25, 0.3) is 5.91 Å². The fourth-order valence-electron chi connectivity index (χ4n) is 1.78. The summed E-state index contributed by atoms with van der Waals surface area (Å²) in [5.74, 6) is 5.93. The van der Waals surface area contributed by atoms with Crippen LogP contribution in [-0.2, 0) is 0 Å². The first-order chi connectivity index (χ1) is 9.51. The molecule has 0 aliphatic carbocycles. The summed E-state index contributed by atoms with van der Waals surface area (Å²) in [4.78, 5) is 14.1. The van der Waals surface area contributed by atoms with Crippen molar-refractivity contribution in [3.63, 3.8) is 0 Å². The van der Waals surface area contributed by atoms with Gasteiger partial charge in [-0.1, -0.05) is 24.8 Å². The maximum atomic E-state index is 12.4. The van der Waals surface area contributed by atoms with Crippen molar-refractivity contribution in [2.24, 2.45) is 0 Å². The highest BCUT2D eigenvalue weighted by Crippen LogP contribution is 2.14. The molecular weight excluding hydrogens is 250 g/mol. The molecule has 0 saturated heterocycles. The third kappa shape index (κ3) is 4.11. The minimum absolute atomic E-state index is 0.0181. The molecule has 1 unspecified atom stereocenters. The van der Waals surface area contributed by atoms with E-state index in [4.69, 9.17) is 5.11 Å². The molecule has 3 nitrogen and oxygen atoms in total. The third-order valence-electron chi connectivity index (χ3n) is 3.52. The van der Waals surface area contributed by atoms with Crippen LogP contribution in [0.15, 0.2) is 18.2 Å². The largest absolute Gasteiger partial charge is 0.395 e. The molecular formula is C17H23NO2. The summed E-state index contributed by atoms with van der Waals surface area (Å²) >= 11 is 0. The summed E-state index contributed by atoms with van der Waals surface area (Å²) in [5.41, 5.74) is 2.55. The van der Waals surface area contributed by atoms with Crippen LogP contribution in [0.5, 0.6) is 0 Å². The van der Waals surface area contributed by atoms with Crippen molar-refractivity contribution in [1.82, 2.24) is 4.90 Å². The van der Waals surface area contributed by atoms with Gasteiger partial charge in [0.2, 0.25) is 0 Å². The van der Waals surface area contributed by atoms with E-state index in [1.165, 1.54) is 0 Å². The smallest absolute Gasteiger partial charge is 0.253 e. The number of aliphatic hydroxyl groups is 1. The maximum absolute atomic E-state index is 12.4. The Hall–Kier alpha value is -1.79. The highest BCUT2D eigenvalue weighted by atomic mass is 16.2. The van der Waals surface area contributed by atoms with E-state index in [2.05, 4.69) is 18.8 Å². The lowest BCUT2D eigenvalue weighted by Gasteiger charge is -2.24. The van der Waals surface area contributed by atoms with E-state index in [9.17, 15) is 4.79 Å². The van der Waals surface area contributed by atoms with Gasteiger partial charge in [-0.2, -0.15) is 0 Å². The Balaban J connectivity index is 3.01. The molecule has 1 aromatic rings. The topological polar surface area (TPSA) is 40.5 Å². The first-order valence-electron chi connectivity index (χ1n) is 6.98. The van der Waals surface area contributed by atoms with E-state index in [0.717, 1.165) is 17.5 Å². The monoisotopic (exact) mass is 273 g/mol. The van der Waals surface area contributed by atoms with Crippen LogP contribution in [0.3, 0.4) is 0 Å². The van der Waals surface area contributed by atoms with Gasteiger partial charge in [0.05, 0.1) is 6.61 Å². The zero-order valence-corrected chi connectivity index (χ0v) is 12.7. The number of rotatable bonds is 4. The quantitative estimate of drug-likeness (QED) is 0.857. The van der Waals surface area contributed by atoms with Gasteiger partial charge >= 0.3 is 0 Å². The second-order valence-electron chi connectivity index (χ2n) is 4.98. The Morgan fingerprint density at radius 2 is 2.15 bits per heavy atom. The van der Waals surface area contributed by atoms with E-state index in [1.807, 2.05) is 39.1 Å². The Morgan fingerprint density at radius 1 is 1.45 bits per heavy atom. The molecule has 0 aromatic heterocycles. The van der Waals surface area contributed by atoms with Gasteiger partial charge < -0.3 is 10.0 Å². The van der Waals surface area contributed by atoms with Crippen molar-refractivity contribution in [3.8, 4) is 11.8 Å². The second-order valence-corrected chi connectivity index (χ2v) is 4.98. The van der Waals surface area contributed by atoms with E-state index in [1.54, 1.807) is 4.90 Å². The van der Waals surface area contributed by atoms with Crippen molar-refractivity contribution in [3.05, 3.63) is 34.9 Å². The Bertz CT molecular complexity index is 526. The van der Waals surface area contributed by atoms with Crippen LogP contribution in [0.4, 0.5) is 0 Å². The minimum Gasteiger partial charge on any atom is -0.395 e. The molecule has 0 fully saturated rings. The highest BCUT2D eigenvalue weighted by Gasteiger charge is 2.16. The first-order valence-corrected chi connectivity index (χ1v) is 6.98. The molecule has 108 valence electrons. The first kappa shape index (κ1) is 16.3. The van der Waals surface area contributed by atoms with Crippen molar-refractivity contribution >= 4 is 5.91 Å². The lowest BCUT2D eigenvalue weighted by atomic mass is 10.0. The molecule has 0 bridgehead atoms. The number of nitrogens with zero attached hydrogens (tertiary/aromatic N) is 1. The van der Waals surface area contributed by atoms with Crippen molar-refractivity contribution in [2.45, 2.75) is 39.7 Å². The van der Waals surface area contributed by atoms with Gasteiger partial charge in [0, 0.05) is 30.6 Å². The van der Waals surface area contributed by atoms with Crippen LogP contribution in [-0.4, -0.2) is 35.6 Å². The SMILES string of the molecule is CCC(C)N(C)C(=O)c1ccc(C)c(C#CCCO)c1. The van der Waals surface area contributed by atoms with Crippen molar-refractivity contribution in [1.29, 1.82) is 0 Å². The van der Waals surface area contributed by atoms with Gasteiger partial charge in [0.15, 0.2) is 0 Å². The zero-order valence-electron chi connectivity index (χ0n) is 12.7. The Morgan fingerprint density at radius 3 is 2.75 bits per heavy atom. The predicted octanol–water partition coefficient (Wildman–Crippen LogP) is 2.60. The average Bonchev–Trinajstić information content (AvgIpc) is 2.47. The standard InChI is InChI=1S/C17H23NO2/c1-5-14(3)18(4)17(20)16-10-9-13(2)15(12-16)8-6-7-11-19/h9-10,12,14,19H,5,7,11H2,1-4H3. The summed E-state index contributed by atoms with van der Waals surface area (Å²) in [6.07, 6.45) is 1.38. The molecule has 1 N–H and O–H groups in total. The van der Waals surface area contributed by atoms with Crippen molar-refractivity contribution in [2.75, 3.05) is 13.7 Å². The highest BCUT2D eigenvalue weighted by molar-refractivity contribution is 5.94. The van der Waals surface area contributed by atoms with Gasteiger partial charge in [-0.25, -0.2) is 0 Å². The molecule has 0 aliphatic rings. The van der Waals surface area contributed by atoms with Gasteiger partial charge in [-0.05, 0) is 38.0 Å². The molecule has 0 saturated carbocycles. The number of amides is 1. The molecule has 1 rings (SSSR count). The fraction of sp³-hybridized carbons (Fsp3) is 0.471. The summed E-state index contributed by atoms with van der Waals surface area (Å²) in [6, 6.07) is 5.81. The van der Waals surface area contributed by atoms with Crippen LogP contribution in [0.1, 0.15) is 48.2 Å². The van der Waals surface area contributed by atoms with Crippen LogP contribution in [0.25, 0.3) is 0 Å². The van der Waals surface area contributed by atoms with Crippen LogP contribution >= 0.6 is 0 Å². The number of hydrogen-bond donors (Lipinski definition) is 1. The van der Waals surface area contributed by atoms with E-state index >= 15 is 0 Å². The Kier molecular flexibility index (Phi) is 6.27. The van der Waals surface area contributed by atoms with E-state index < -0.39 is 0 Å². The van der Waals surface area contributed by atoms with Gasteiger partial charge in [0.1, 0.15) is 0 Å². The second kappa shape index (κ2) is 7.72.